The molecule has 3 nitrogen and oxygen atoms in total. The first-order valence-corrected chi connectivity index (χ1v) is 6.57. The van der Waals surface area contributed by atoms with E-state index in [1.807, 2.05) is 51.1 Å². The molecule has 104 valence electrons. The second-order valence-electron chi connectivity index (χ2n) is 5.07. The minimum Gasteiger partial charge on any atom is -0.483 e. The minimum absolute atomic E-state index is 0.00282. The van der Waals surface area contributed by atoms with Crippen molar-refractivity contribution in [1.29, 1.82) is 0 Å². The highest BCUT2D eigenvalue weighted by molar-refractivity contribution is 5.98. The molecule has 0 atom stereocenters. The Morgan fingerprint density at radius 1 is 1.05 bits per heavy atom. The summed E-state index contributed by atoms with van der Waals surface area (Å²) in [5.74, 6) is 0.510. The topological polar surface area (TPSA) is 52.3 Å². The fraction of sp³-hybridized carbons (Fsp3) is 0.235. The number of nitrogens with two attached hydrogens (primary N) is 1. The zero-order valence-corrected chi connectivity index (χ0v) is 12.1. The number of Topliss-reactive ketones (excluding diaryl/α,β-unsaturated/α-hetero) is 1. The third-order valence-corrected chi connectivity index (χ3v) is 3.21. The Bertz CT molecular complexity index is 647. The summed E-state index contributed by atoms with van der Waals surface area (Å²) in [6.07, 6.45) is 0. The molecule has 0 spiro atoms. The Morgan fingerprint density at radius 3 is 2.35 bits per heavy atom. The second kappa shape index (κ2) is 5.78. The summed E-state index contributed by atoms with van der Waals surface area (Å²) in [6, 6.07) is 11.3. The highest BCUT2D eigenvalue weighted by Gasteiger charge is 2.11. The van der Waals surface area contributed by atoms with Crippen LogP contribution >= 0.6 is 0 Å². The van der Waals surface area contributed by atoms with E-state index in [9.17, 15) is 4.79 Å². The van der Waals surface area contributed by atoms with Gasteiger partial charge in [-0.05, 0) is 44.0 Å². The van der Waals surface area contributed by atoms with Gasteiger partial charge < -0.3 is 10.5 Å². The van der Waals surface area contributed by atoms with Crippen LogP contribution < -0.4 is 10.5 Å². The number of carbonyl (C=O) groups excluding carboxylic acids is 1. The molecular weight excluding hydrogens is 250 g/mol. The fourth-order valence-electron chi connectivity index (χ4n) is 2.15. The molecule has 0 aromatic heterocycles. The van der Waals surface area contributed by atoms with Crippen molar-refractivity contribution < 1.29 is 9.53 Å². The van der Waals surface area contributed by atoms with Crippen LogP contribution in [0.5, 0.6) is 5.75 Å². The molecule has 0 saturated carbocycles. The average molecular weight is 269 g/mol. The first-order valence-electron chi connectivity index (χ1n) is 6.57. The SMILES string of the molecule is Cc1ccc(C(=O)COc2ccc(C)cc2N)c(C)c1. The molecule has 0 aliphatic rings. The van der Waals surface area contributed by atoms with Crippen LogP contribution in [0, 0.1) is 20.8 Å². The van der Waals surface area contributed by atoms with Crippen molar-refractivity contribution in [2.45, 2.75) is 20.8 Å². The molecule has 0 amide bonds. The van der Waals surface area contributed by atoms with Gasteiger partial charge >= 0.3 is 0 Å². The Kier molecular flexibility index (Phi) is 4.08. The standard InChI is InChI=1S/C17H19NO2/c1-11-4-6-14(13(3)8-11)16(19)10-20-17-7-5-12(2)9-15(17)18/h4-9H,10,18H2,1-3H3. The van der Waals surface area contributed by atoms with Crippen LogP contribution in [0.15, 0.2) is 36.4 Å². The van der Waals surface area contributed by atoms with Gasteiger partial charge in [0.15, 0.2) is 12.4 Å². The zero-order valence-electron chi connectivity index (χ0n) is 12.1. The summed E-state index contributed by atoms with van der Waals surface area (Å²) in [4.78, 5) is 12.2. The number of hydrogen-bond acceptors (Lipinski definition) is 3. The van der Waals surface area contributed by atoms with Crippen molar-refractivity contribution in [3.8, 4) is 5.75 Å². The van der Waals surface area contributed by atoms with Crippen molar-refractivity contribution in [3.63, 3.8) is 0 Å². The molecule has 2 N–H and O–H groups in total. The van der Waals surface area contributed by atoms with E-state index in [4.69, 9.17) is 10.5 Å². The third-order valence-electron chi connectivity index (χ3n) is 3.21. The molecular formula is C17H19NO2. The number of hydrogen-bond donors (Lipinski definition) is 1. The van der Waals surface area contributed by atoms with Gasteiger partial charge in [0.25, 0.3) is 0 Å². The second-order valence-corrected chi connectivity index (χ2v) is 5.07. The smallest absolute Gasteiger partial charge is 0.200 e. The number of anilines is 1. The number of aryl methyl sites for hydroxylation is 3. The molecule has 0 fully saturated rings. The largest absolute Gasteiger partial charge is 0.483 e. The summed E-state index contributed by atoms with van der Waals surface area (Å²) >= 11 is 0. The van der Waals surface area contributed by atoms with Gasteiger partial charge in [-0.15, -0.1) is 0 Å². The lowest BCUT2D eigenvalue weighted by molar-refractivity contribution is 0.0921. The van der Waals surface area contributed by atoms with Crippen molar-refractivity contribution in [1.82, 2.24) is 0 Å². The van der Waals surface area contributed by atoms with Gasteiger partial charge in [-0.3, -0.25) is 4.79 Å². The predicted octanol–water partition coefficient (Wildman–Crippen LogP) is 3.46. The molecule has 0 unspecified atom stereocenters. The van der Waals surface area contributed by atoms with E-state index in [2.05, 4.69) is 0 Å². The number of ether oxygens (including phenoxy) is 1. The molecule has 0 aliphatic heterocycles. The van der Waals surface area contributed by atoms with E-state index in [0.717, 1.165) is 16.7 Å². The fourth-order valence-corrected chi connectivity index (χ4v) is 2.15. The summed E-state index contributed by atoms with van der Waals surface area (Å²) in [6.45, 7) is 5.89. The number of rotatable bonds is 4. The Balaban J connectivity index is 2.08. The van der Waals surface area contributed by atoms with Gasteiger partial charge in [-0.1, -0.05) is 29.8 Å². The molecule has 0 bridgehead atoms. The van der Waals surface area contributed by atoms with Crippen LogP contribution in [0.1, 0.15) is 27.0 Å². The highest BCUT2D eigenvalue weighted by Crippen LogP contribution is 2.22. The molecule has 0 aliphatic carbocycles. The van der Waals surface area contributed by atoms with E-state index in [0.29, 0.717) is 17.0 Å². The van der Waals surface area contributed by atoms with Crippen molar-refractivity contribution in [2.24, 2.45) is 0 Å². The summed E-state index contributed by atoms with van der Waals surface area (Å²) in [5, 5.41) is 0. The van der Waals surface area contributed by atoms with E-state index < -0.39 is 0 Å². The normalized spacial score (nSPS) is 10.3. The maximum Gasteiger partial charge on any atom is 0.200 e. The maximum absolute atomic E-state index is 12.2. The van der Waals surface area contributed by atoms with E-state index in [1.54, 1.807) is 6.07 Å². The van der Waals surface area contributed by atoms with E-state index in [-0.39, 0.29) is 12.4 Å². The molecule has 2 rings (SSSR count). The van der Waals surface area contributed by atoms with Crippen LogP contribution in [0.25, 0.3) is 0 Å². The zero-order chi connectivity index (χ0) is 14.7. The van der Waals surface area contributed by atoms with Crippen molar-refractivity contribution >= 4 is 11.5 Å². The molecule has 3 heteroatoms. The van der Waals surface area contributed by atoms with Crippen molar-refractivity contribution in [2.75, 3.05) is 12.3 Å². The Labute approximate surface area is 119 Å². The van der Waals surface area contributed by atoms with Crippen LogP contribution in [-0.2, 0) is 0 Å². The minimum atomic E-state index is -0.0394. The highest BCUT2D eigenvalue weighted by atomic mass is 16.5. The summed E-state index contributed by atoms with van der Waals surface area (Å²) < 4.78 is 5.52. The monoisotopic (exact) mass is 269 g/mol. The maximum atomic E-state index is 12.2. The van der Waals surface area contributed by atoms with Crippen LogP contribution in [-0.4, -0.2) is 12.4 Å². The molecule has 0 radical (unpaired) electrons. The van der Waals surface area contributed by atoms with E-state index >= 15 is 0 Å². The molecule has 2 aromatic rings. The lowest BCUT2D eigenvalue weighted by Crippen LogP contribution is -2.13. The lowest BCUT2D eigenvalue weighted by atomic mass is 10.0. The van der Waals surface area contributed by atoms with Gasteiger partial charge in [0.1, 0.15) is 5.75 Å². The van der Waals surface area contributed by atoms with Gasteiger partial charge in [-0.2, -0.15) is 0 Å². The van der Waals surface area contributed by atoms with E-state index in [1.165, 1.54) is 0 Å². The van der Waals surface area contributed by atoms with Crippen LogP contribution in [0.3, 0.4) is 0 Å². The van der Waals surface area contributed by atoms with Gasteiger partial charge in [-0.25, -0.2) is 0 Å². The van der Waals surface area contributed by atoms with Crippen molar-refractivity contribution in [3.05, 3.63) is 58.7 Å². The van der Waals surface area contributed by atoms with Gasteiger partial charge in [0.05, 0.1) is 5.69 Å². The number of ketones is 1. The lowest BCUT2D eigenvalue weighted by Gasteiger charge is -2.10. The number of nitrogen functional groups attached to an aromatic ring is 1. The summed E-state index contributed by atoms with van der Waals surface area (Å²) in [5.41, 5.74) is 10.3. The Morgan fingerprint density at radius 2 is 1.70 bits per heavy atom. The molecule has 0 heterocycles. The number of carbonyl (C=O) groups is 1. The quantitative estimate of drug-likeness (QED) is 0.683. The third kappa shape index (κ3) is 3.18. The molecule has 0 saturated heterocycles. The number of benzene rings is 2. The first kappa shape index (κ1) is 14.1. The average Bonchev–Trinajstić information content (AvgIpc) is 2.37. The van der Waals surface area contributed by atoms with Crippen LogP contribution in [0.2, 0.25) is 0 Å². The predicted molar refractivity (Wildman–Crippen MR) is 81.3 cm³/mol. The first-order chi connectivity index (χ1) is 9.47. The molecule has 2 aromatic carbocycles. The Hall–Kier alpha value is -2.29. The molecule has 20 heavy (non-hydrogen) atoms. The summed E-state index contributed by atoms with van der Waals surface area (Å²) in [7, 11) is 0. The van der Waals surface area contributed by atoms with Crippen LogP contribution in [0.4, 0.5) is 5.69 Å². The van der Waals surface area contributed by atoms with Gasteiger partial charge in [0.2, 0.25) is 0 Å². The van der Waals surface area contributed by atoms with Gasteiger partial charge in [0, 0.05) is 5.56 Å².